The highest BCUT2D eigenvalue weighted by Gasteiger charge is 2.19. The minimum Gasteiger partial charge on any atom is -0.443 e. The molecule has 120 valence electrons. The minimum atomic E-state index is -0.0256. The Morgan fingerprint density at radius 1 is 1.27 bits per heavy atom. The fraction of sp³-hybridized carbons (Fsp3) is 0.500. The van der Waals surface area contributed by atoms with Gasteiger partial charge in [-0.3, -0.25) is 4.99 Å². The summed E-state index contributed by atoms with van der Waals surface area (Å²) in [6.45, 7) is 9.70. The molecule has 0 aliphatic heterocycles. The number of hydrogen-bond donors (Lipinski definition) is 2. The molecule has 0 aliphatic rings. The predicted molar refractivity (Wildman–Crippen MR) is 91.3 cm³/mol. The number of oxazole rings is 1. The monoisotopic (exact) mass is 320 g/mol. The normalized spacial score (nSPS) is 12.5. The summed E-state index contributed by atoms with van der Waals surface area (Å²) in [5, 5.41) is 6.50. The third-order valence-electron chi connectivity index (χ3n) is 3.15. The maximum Gasteiger partial charge on any atom is 0.213 e. The van der Waals surface area contributed by atoms with Gasteiger partial charge in [0.05, 0.1) is 19.3 Å². The topological polar surface area (TPSA) is 62.5 Å². The first-order valence-electron chi connectivity index (χ1n) is 7.33. The molecule has 0 aliphatic carbocycles. The zero-order valence-corrected chi connectivity index (χ0v) is 14.7. The molecule has 2 rings (SSSR count). The van der Waals surface area contributed by atoms with Gasteiger partial charge < -0.3 is 15.1 Å². The van der Waals surface area contributed by atoms with Crippen molar-refractivity contribution < 1.29 is 4.42 Å². The fourth-order valence-corrected chi connectivity index (χ4v) is 2.70. The average Bonchev–Trinajstić information content (AvgIpc) is 3.07. The number of thiophene rings is 1. The number of rotatable bonds is 4. The molecule has 0 bridgehead atoms. The highest BCUT2D eigenvalue weighted by atomic mass is 32.1. The Labute approximate surface area is 135 Å². The predicted octanol–water partition coefficient (Wildman–Crippen LogP) is 3.21. The molecule has 0 fully saturated rings. The van der Waals surface area contributed by atoms with E-state index >= 15 is 0 Å². The molecule has 0 spiro atoms. The lowest BCUT2D eigenvalue weighted by molar-refractivity contribution is 0.379. The van der Waals surface area contributed by atoms with Crippen molar-refractivity contribution in [1.82, 2.24) is 15.6 Å². The molecule has 0 radical (unpaired) electrons. The second-order valence-electron chi connectivity index (χ2n) is 6.16. The van der Waals surface area contributed by atoms with Crippen LogP contribution in [0, 0.1) is 6.92 Å². The molecule has 2 aromatic rings. The van der Waals surface area contributed by atoms with Crippen LogP contribution in [0.2, 0.25) is 0 Å². The summed E-state index contributed by atoms with van der Waals surface area (Å²) in [5.74, 6) is 2.29. The molecule has 22 heavy (non-hydrogen) atoms. The second-order valence-corrected chi connectivity index (χ2v) is 7.53. The number of hydrogen-bond acceptors (Lipinski definition) is 4. The van der Waals surface area contributed by atoms with E-state index in [0.717, 1.165) is 18.3 Å². The number of nitrogens with zero attached hydrogens (tertiary/aromatic N) is 2. The van der Waals surface area contributed by atoms with Crippen LogP contribution < -0.4 is 10.6 Å². The molecule has 5 nitrogen and oxygen atoms in total. The van der Waals surface area contributed by atoms with Crippen molar-refractivity contribution in [1.29, 1.82) is 0 Å². The van der Waals surface area contributed by atoms with Gasteiger partial charge in [0, 0.05) is 22.2 Å². The Bertz CT molecular complexity index is 637. The van der Waals surface area contributed by atoms with Crippen LogP contribution in [-0.2, 0) is 18.5 Å². The van der Waals surface area contributed by atoms with E-state index in [-0.39, 0.29) is 5.41 Å². The molecule has 0 unspecified atom stereocenters. The molecule has 0 aromatic carbocycles. The van der Waals surface area contributed by atoms with Crippen molar-refractivity contribution >= 4 is 17.3 Å². The van der Waals surface area contributed by atoms with Crippen LogP contribution in [-0.4, -0.2) is 18.0 Å². The van der Waals surface area contributed by atoms with Gasteiger partial charge in [-0.05, 0) is 19.1 Å². The number of aliphatic imine (C=N–C) groups is 1. The Kier molecular flexibility index (Phi) is 5.24. The highest BCUT2D eigenvalue weighted by Crippen LogP contribution is 2.22. The number of aryl methyl sites for hydroxylation is 1. The van der Waals surface area contributed by atoms with Gasteiger partial charge in [0.2, 0.25) is 5.89 Å². The maximum absolute atomic E-state index is 5.75. The van der Waals surface area contributed by atoms with Crippen molar-refractivity contribution in [3.8, 4) is 0 Å². The Hall–Kier alpha value is -1.82. The molecule has 0 saturated heterocycles. The standard InChI is InChI=1S/C16H24N4OS/c1-11-6-7-12(22-11)8-19-15(17-5)20-10-14-18-9-13(21-14)16(2,3)4/h6-7,9H,8,10H2,1-5H3,(H2,17,19,20). The third-order valence-corrected chi connectivity index (χ3v) is 4.15. The molecular formula is C16H24N4OS. The Morgan fingerprint density at radius 3 is 2.55 bits per heavy atom. The summed E-state index contributed by atoms with van der Waals surface area (Å²) in [7, 11) is 1.76. The van der Waals surface area contributed by atoms with Crippen molar-refractivity contribution in [2.24, 2.45) is 4.99 Å². The van der Waals surface area contributed by atoms with Crippen LogP contribution in [0.15, 0.2) is 27.7 Å². The zero-order chi connectivity index (χ0) is 16.2. The average molecular weight is 320 g/mol. The number of nitrogens with one attached hydrogen (secondary N) is 2. The van der Waals surface area contributed by atoms with Gasteiger partial charge in [-0.25, -0.2) is 4.98 Å². The summed E-state index contributed by atoms with van der Waals surface area (Å²) in [4.78, 5) is 11.1. The molecule has 2 aromatic heterocycles. The van der Waals surface area contributed by atoms with E-state index in [0.29, 0.717) is 12.4 Å². The quantitative estimate of drug-likeness (QED) is 0.671. The highest BCUT2D eigenvalue weighted by molar-refractivity contribution is 7.11. The van der Waals surface area contributed by atoms with Gasteiger partial charge in [-0.1, -0.05) is 20.8 Å². The van der Waals surface area contributed by atoms with Gasteiger partial charge >= 0.3 is 0 Å². The fourth-order valence-electron chi connectivity index (χ4n) is 1.87. The molecule has 0 saturated carbocycles. The lowest BCUT2D eigenvalue weighted by Gasteiger charge is -2.13. The van der Waals surface area contributed by atoms with Crippen molar-refractivity contribution in [3.05, 3.63) is 39.7 Å². The first-order valence-corrected chi connectivity index (χ1v) is 8.15. The van der Waals surface area contributed by atoms with Crippen LogP contribution >= 0.6 is 11.3 Å². The first-order chi connectivity index (χ1) is 10.4. The van der Waals surface area contributed by atoms with E-state index in [4.69, 9.17) is 4.42 Å². The van der Waals surface area contributed by atoms with E-state index in [9.17, 15) is 0 Å². The molecule has 6 heteroatoms. The maximum atomic E-state index is 5.75. The van der Waals surface area contributed by atoms with Gasteiger partial charge in [0.15, 0.2) is 5.96 Å². The lowest BCUT2D eigenvalue weighted by Crippen LogP contribution is -2.36. The molecule has 0 atom stereocenters. The van der Waals surface area contributed by atoms with Gasteiger partial charge in [0.25, 0.3) is 0 Å². The summed E-state index contributed by atoms with van der Waals surface area (Å²) in [6, 6.07) is 4.25. The van der Waals surface area contributed by atoms with Crippen LogP contribution in [0.1, 0.15) is 42.2 Å². The van der Waals surface area contributed by atoms with E-state index in [1.165, 1.54) is 9.75 Å². The Morgan fingerprint density at radius 2 is 2.00 bits per heavy atom. The summed E-state index contributed by atoms with van der Waals surface area (Å²) in [5.41, 5.74) is -0.0256. The largest absolute Gasteiger partial charge is 0.443 e. The van der Waals surface area contributed by atoms with Crippen LogP contribution in [0.4, 0.5) is 0 Å². The molecule has 2 heterocycles. The summed E-state index contributed by atoms with van der Waals surface area (Å²) < 4.78 is 5.75. The van der Waals surface area contributed by atoms with Crippen molar-refractivity contribution in [2.45, 2.75) is 46.2 Å². The zero-order valence-electron chi connectivity index (χ0n) is 13.9. The summed E-state index contributed by atoms with van der Waals surface area (Å²) >= 11 is 1.78. The van der Waals surface area contributed by atoms with Crippen molar-refractivity contribution in [2.75, 3.05) is 7.05 Å². The van der Waals surface area contributed by atoms with E-state index < -0.39 is 0 Å². The number of aromatic nitrogens is 1. The van der Waals surface area contributed by atoms with Crippen molar-refractivity contribution in [3.63, 3.8) is 0 Å². The first kappa shape index (κ1) is 16.5. The van der Waals surface area contributed by atoms with E-state index in [2.05, 4.69) is 60.4 Å². The molecule has 2 N–H and O–H groups in total. The SMILES string of the molecule is CN=C(NCc1ncc(C(C)(C)C)o1)NCc1ccc(C)s1. The van der Waals surface area contributed by atoms with Gasteiger partial charge in [0.1, 0.15) is 5.76 Å². The van der Waals surface area contributed by atoms with Gasteiger partial charge in [-0.2, -0.15) is 0 Å². The summed E-state index contributed by atoms with van der Waals surface area (Å²) in [6.07, 6.45) is 1.79. The van der Waals surface area contributed by atoms with E-state index in [1.54, 1.807) is 24.6 Å². The van der Waals surface area contributed by atoms with Crippen LogP contribution in [0.5, 0.6) is 0 Å². The van der Waals surface area contributed by atoms with Gasteiger partial charge in [-0.15, -0.1) is 11.3 Å². The Balaban J connectivity index is 1.85. The number of guanidine groups is 1. The third kappa shape index (κ3) is 4.59. The smallest absolute Gasteiger partial charge is 0.213 e. The minimum absolute atomic E-state index is 0.0256. The molecular weight excluding hydrogens is 296 g/mol. The lowest BCUT2D eigenvalue weighted by atomic mass is 9.94. The second kappa shape index (κ2) is 6.96. The van der Waals surface area contributed by atoms with E-state index in [1.807, 2.05) is 0 Å². The van der Waals surface area contributed by atoms with Crippen LogP contribution in [0.25, 0.3) is 0 Å². The van der Waals surface area contributed by atoms with Crippen LogP contribution in [0.3, 0.4) is 0 Å². The molecule has 0 amide bonds.